The SMILES string of the molecule is COC(=O)[C@]1(CC(C)C)C[C@H](C(=O)NC2CCC2)[C@H](c2cccnc2)N1C. The van der Waals surface area contributed by atoms with E-state index in [1.165, 1.54) is 13.5 Å². The lowest BCUT2D eigenvalue weighted by molar-refractivity contribution is -0.154. The molecule has 3 atom stereocenters. The van der Waals surface area contributed by atoms with Gasteiger partial charge in [0, 0.05) is 24.5 Å². The van der Waals surface area contributed by atoms with Crippen molar-refractivity contribution in [3.8, 4) is 0 Å². The van der Waals surface area contributed by atoms with Crippen LogP contribution in [0.1, 0.15) is 57.6 Å². The number of rotatable bonds is 6. The first-order chi connectivity index (χ1) is 12.9. The lowest BCUT2D eigenvalue weighted by Gasteiger charge is -2.37. The van der Waals surface area contributed by atoms with Gasteiger partial charge in [0.1, 0.15) is 5.54 Å². The molecular weight excluding hydrogens is 342 g/mol. The van der Waals surface area contributed by atoms with Crippen molar-refractivity contribution < 1.29 is 14.3 Å². The number of likely N-dealkylation sites (N-methyl/N-ethyl adjacent to an activating group) is 1. The van der Waals surface area contributed by atoms with Crippen LogP contribution in [0.4, 0.5) is 0 Å². The van der Waals surface area contributed by atoms with Crippen molar-refractivity contribution in [2.75, 3.05) is 14.2 Å². The summed E-state index contributed by atoms with van der Waals surface area (Å²) in [6.07, 6.45) is 7.89. The van der Waals surface area contributed by atoms with Crippen LogP contribution in [0.15, 0.2) is 24.5 Å². The van der Waals surface area contributed by atoms with E-state index in [-0.39, 0.29) is 29.9 Å². The van der Waals surface area contributed by atoms with Crippen LogP contribution in [-0.2, 0) is 14.3 Å². The maximum atomic E-state index is 13.2. The largest absolute Gasteiger partial charge is 0.468 e. The molecule has 6 nitrogen and oxygen atoms in total. The molecule has 0 bridgehead atoms. The molecule has 1 aliphatic heterocycles. The normalized spacial score (nSPS) is 28.8. The Balaban J connectivity index is 1.97. The Morgan fingerprint density at radius 2 is 2.15 bits per heavy atom. The minimum absolute atomic E-state index is 0.0370. The van der Waals surface area contributed by atoms with Crippen LogP contribution < -0.4 is 5.32 Å². The highest BCUT2D eigenvalue weighted by molar-refractivity contribution is 5.86. The number of esters is 1. The van der Waals surface area contributed by atoms with Gasteiger partial charge < -0.3 is 10.1 Å². The zero-order valence-corrected chi connectivity index (χ0v) is 16.8. The smallest absolute Gasteiger partial charge is 0.326 e. The van der Waals surface area contributed by atoms with Crippen molar-refractivity contribution in [1.29, 1.82) is 0 Å². The molecule has 148 valence electrons. The van der Waals surface area contributed by atoms with Gasteiger partial charge in [-0.1, -0.05) is 19.9 Å². The molecule has 1 amide bonds. The second-order valence-electron chi connectivity index (χ2n) is 8.41. The van der Waals surface area contributed by atoms with Crippen LogP contribution in [0, 0.1) is 11.8 Å². The summed E-state index contributed by atoms with van der Waals surface area (Å²) in [4.78, 5) is 32.4. The minimum Gasteiger partial charge on any atom is -0.468 e. The van der Waals surface area contributed by atoms with Gasteiger partial charge in [-0.3, -0.25) is 19.5 Å². The second kappa shape index (κ2) is 7.97. The molecule has 2 aliphatic rings. The predicted octanol–water partition coefficient (Wildman–Crippen LogP) is 2.70. The summed E-state index contributed by atoms with van der Waals surface area (Å²) in [5, 5.41) is 3.19. The highest BCUT2D eigenvalue weighted by atomic mass is 16.5. The van der Waals surface area contributed by atoms with Crippen LogP contribution in [0.25, 0.3) is 0 Å². The Hall–Kier alpha value is -1.95. The molecule has 1 aromatic heterocycles. The minimum atomic E-state index is -0.801. The Morgan fingerprint density at radius 3 is 2.67 bits per heavy atom. The number of likely N-dealkylation sites (tertiary alicyclic amines) is 1. The molecule has 2 heterocycles. The number of hydrogen-bond donors (Lipinski definition) is 1. The summed E-state index contributed by atoms with van der Waals surface area (Å²) in [6.45, 7) is 4.19. The summed E-state index contributed by atoms with van der Waals surface area (Å²) in [7, 11) is 3.37. The first kappa shape index (κ1) is 19.8. The zero-order chi connectivity index (χ0) is 19.6. The van der Waals surface area contributed by atoms with Gasteiger partial charge in [0.25, 0.3) is 0 Å². The topological polar surface area (TPSA) is 71.5 Å². The van der Waals surface area contributed by atoms with Crippen molar-refractivity contribution in [1.82, 2.24) is 15.2 Å². The van der Waals surface area contributed by atoms with Crippen LogP contribution in [0.2, 0.25) is 0 Å². The van der Waals surface area contributed by atoms with E-state index in [0.29, 0.717) is 18.8 Å². The molecule has 3 rings (SSSR count). The number of amides is 1. The summed E-state index contributed by atoms with van der Waals surface area (Å²) in [5.41, 5.74) is 0.161. The average molecular weight is 373 g/mol. The van der Waals surface area contributed by atoms with Crippen LogP contribution in [0.5, 0.6) is 0 Å². The van der Waals surface area contributed by atoms with Crippen molar-refractivity contribution in [3.05, 3.63) is 30.1 Å². The molecule has 6 heteroatoms. The number of carbonyl (C=O) groups excluding carboxylic acids is 2. The molecule has 0 radical (unpaired) electrons. The molecule has 27 heavy (non-hydrogen) atoms. The molecule has 0 unspecified atom stereocenters. The number of aromatic nitrogens is 1. The highest BCUT2D eigenvalue weighted by Gasteiger charge is 2.57. The molecule has 0 aromatic carbocycles. The van der Waals surface area contributed by atoms with Crippen molar-refractivity contribution >= 4 is 11.9 Å². The van der Waals surface area contributed by atoms with Gasteiger partial charge in [-0.25, -0.2) is 0 Å². The molecule has 2 fully saturated rings. The summed E-state index contributed by atoms with van der Waals surface area (Å²) < 4.78 is 5.21. The van der Waals surface area contributed by atoms with E-state index in [9.17, 15) is 9.59 Å². The van der Waals surface area contributed by atoms with Gasteiger partial charge in [-0.15, -0.1) is 0 Å². The van der Waals surface area contributed by atoms with E-state index >= 15 is 0 Å². The van der Waals surface area contributed by atoms with Gasteiger partial charge in [-0.2, -0.15) is 0 Å². The third-order valence-corrected chi connectivity index (χ3v) is 6.16. The maximum Gasteiger partial charge on any atom is 0.326 e. The number of hydrogen-bond acceptors (Lipinski definition) is 5. The number of carbonyl (C=O) groups is 2. The fourth-order valence-electron chi connectivity index (χ4n) is 4.66. The number of nitrogens with zero attached hydrogens (tertiary/aromatic N) is 2. The third kappa shape index (κ3) is 3.72. The van der Waals surface area contributed by atoms with Crippen molar-refractivity contribution in [3.63, 3.8) is 0 Å². The van der Waals surface area contributed by atoms with Gasteiger partial charge in [0.15, 0.2) is 0 Å². The average Bonchev–Trinajstić information content (AvgIpc) is 2.91. The molecule has 1 aliphatic carbocycles. The summed E-state index contributed by atoms with van der Waals surface area (Å²) >= 11 is 0. The monoisotopic (exact) mass is 373 g/mol. The zero-order valence-electron chi connectivity index (χ0n) is 16.8. The van der Waals surface area contributed by atoms with Gasteiger partial charge >= 0.3 is 5.97 Å². The van der Waals surface area contributed by atoms with E-state index in [4.69, 9.17) is 4.74 Å². The lowest BCUT2D eigenvalue weighted by atomic mass is 9.83. The van der Waals surface area contributed by atoms with E-state index in [0.717, 1.165) is 18.4 Å². The lowest BCUT2D eigenvalue weighted by Crippen LogP contribution is -2.50. The standard InChI is InChI=1S/C21H31N3O3/c1-14(2)11-21(20(26)27-4)12-17(19(25)23-16-8-5-9-16)18(24(21)3)15-7-6-10-22-13-15/h6-7,10,13-14,16-18H,5,8-9,11-12H2,1-4H3,(H,23,25)/t17-,18-,21-/m0/s1. The van der Waals surface area contributed by atoms with Crippen LogP contribution in [-0.4, -0.2) is 47.5 Å². The summed E-state index contributed by atoms with van der Waals surface area (Å²) in [6, 6.07) is 3.94. The predicted molar refractivity (Wildman–Crippen MR) is 103 cm³/mol. The molecule has 1 saturated carbocycles. The number of nitrogens with one attached hydrogen (secondary N) is 1. The highest BCUT2D eigenvalue weighted by Crippen LogP contribution is 2.49. The molecule has 0 spiro atoms. The van der Waals surface area contributed by atoms with Gasteiger partial charge in [0.2, 0.25) is 5.91 Å². The maximum absolute atomic E-state index is 13.2. The molecule has 1 aromatic rings. The Labute approximate surface area is 161 Å². The fourth-order valence-corrected chi connectivity index (χ4v) is 4.66. The van der Waals surface area contributed by atoms with Crippen molar-refractivity contribution in [2.24, 2.45) is 11.8 Å². The van der Waals surface area contributed by atoms with E-state index < -0.39 is 5.54 Å². The fraction of sp³-hybridized carbons (Fsp3) is 0.667. The van der Waals surface area contributed by atoms with E-state index in [2.05, 4.69) is 29.0 Å². The van der Waals surface area contributed by atoms with Gasteiger partial charge in [0.05, 0.1) is 13.0 Å². The Bertz CT molecular complexity index is 675. The molecule has 1 saturated heterocycles. The first-order valence-corrected chi connectivity index (χ1v) is 9.90. The third-order valence-electron chi connectivity index (χ3n) is 6.16. The Morgan fingerprint density at radius 1 is 1.41 bits per heavy atom. The second-order valence-corrected chi connectivity index (χ2v) is 8.41. The van der Waals surface area contributed by atoms with Gasteiger partial charge in [-0.05, 0) is 56.7 Å². The van der Waals surface area contributed by atoms with E-state index in [1.807, 2.05) is 19.2 Å². The van der Waals surface area contributed by atoms with E-state index in [1.54, 1.807) is 12.4 Å². The number of ether oxygens (including phenoxy) is 1. The Kier molecular flexibility index (Phi) is 5.84. The first-order valence-electron chi connectivity index (χ1n) is 9.90. The quantitative estimate of drug-likeness (QED) is 0.777. The summed E-state index contributed by atoms with van der Waals surface area (Å²) in [5.74, 6) is -0.228. The molecular formula is C21H31N3O3. The number of methoxy groups -OCH3 is 1. The van der Waals surface area contributed by atoms with Crippen LogP contribution in [0.3, 0.4) is 0 Å². The van der Waals surface area contributed by atoms with Crippen molar-refractivity contribution in [2.45, 2.75) is 63.6 Å². The van der Waals surface area contributed by atoms with Crippen LogP contribution >= 0.6 is 0 Å². The number of pyridine rings is 1. The molecule has 1 N–H and O–H groups in total.